The smallest absolute Gasteiger partial charge is 0.240 e. The second kappa shape index (κ2) is 6.35. The Morgan fingerprint density at radius 1 is 1.26 bits per heavy atom. The summed E-state index contributed by atoms with van der Waals surface area (Å²) in [5.41, 5.74) is 0. The van der Waals surface area contributed by atoms with Crippen LogP contribution in [0.25, 0.3) is 0 Å². The van der Waals surface area contributed by atoms with Gasteiger partial charge in [-0.25, -0.2) is 13.1 Å². The monoisotopic (exact) mass is 346 g/mol. The Kier molecular flexibility index (Phi) is 5.00. The largest absolute Gasteiger partial charge is 0.302 e. The number of sulfonamides is 1. The standard InChI is InChI=1S/C13H19BrN2O2S/c1-11(10-16-8-2-3-9-16)15-19(17,18)13-6-4-12(14)5-7-13/h4-7,11,15H,2-3,8-10H2,1H3. The van der Waals surface area contributed by atoms with Crippen molar-refractivity contribution in [2.24, 2.45) is 0 Å². The fourth-order valence-corrected chi connectivity index (χ4v) is 3.84. The van der Waals surface area contributed by atoms with Gasteiger partial charge in [0.05, 0.1) is 4.90 Å². The van der Waals surface area contributed by atoms with Gasteiger partial charge in [-0.2, -0.15) is 0 Å². The van der Waals surface area contributed by atoms with Gasteiger partial charge in [0.2, 0.25) is 10.0 Å². The van der Waals surface area contributed by atoms with Gasteiger partial charge >= 0.3 is 0 Å². The molecule has 1 fully saturated rings. The van der Waals surface area contributed by atoms with Crippen LogP contribution in [0.5, 0.6) is 0 Å². The molecule has 1 heterocycles. The molecule has 0 aromatic heterocycles. The van der Waals surface area contributed by atoms with Crippen LogP contribution >= 0.6 is 15.9 Å². The predicted molar refractivity (Wildman–Crippen MR) is 79.6 cm³/mol. The number of hydrogen-bond acceptors (Lipinski definition) is 3. The molecule has 1 aromatic rings. The summed E-state index contributed by atoms with van der Waals surface area (Å²) in [6.45, 7) is 4.83. The topological polar surface area (TPSA) is 49.4 Å². The van der Waals surface area contributed by atoms with Crippen molar-refractivity contribution in [3.05, 3.63) is 28.7 Å². The van der Waals surface area contributed by atoms with Crippen LogP contribution in [0, 0.1) is 0 Å². The SMILES string of the molecule is CC(CN1CCCC1)NS(=O)(=O)c1ccc(Br)cc1. The van der Waals surface area contributed by atoms with Gasteiger partial charge in [-0.3, -0.25) is 0 Å². The normalized spacial score (nSPS) is 18.6. The van der Waals surface area contributed by atoms with Crippen LogP contribution < -0.4 is 4.72 Å². The van der Waals surface area contributed by atoms with E-state index in [2.05, 4.69) is 25.6 Å². The zero-order valence-electron chi connectivity index (χ0n) is 11.0. The van der Waals surface area contributed by atoms with Crippen LogP contribution in [0.15, 0.2) is 33.6 Å². The molecule has 1 N–H and O–H groups in total. The van der Waals surface area contributed by atoms with Gasteiger partial charge in [0.25, 0.3) is 0 Å². The van der Waals surface area contributed by atoms with E-state index in [0.29, 0.717) is 4.90 Å². The molecule has 19 heavy (non-hydrogen) atoms. The summed E-state index contributed by atoms with van der Waals surface area (Å²) in [7, 11) is -3.42. The molecule has 1 aliphatic heterocycles. The van der Waals surface area contributed by atoms with Crippen molar-refractivity contribution in [3.63, 3.8) is 0 Å². The average Bonchev–Trinajstić information content (AvgIpc) is 2.81. The third kappa shape index (κ3) is 4.27. The molecule has 1 aromatic carbocycles. The van der Waals surface area contributed by atoms with E-state index in [1.165, 1.54) is 12.8 Å². The first-order valence-corrected chi connectivity index (χ1v) is 8.75. The van der Waals surface area contributed by atoms with Crippen molar-refractivity contribution < 1.29 is 8.42 Å². The Labute approximate surface area is 123 Å². The van der Waals surface area contributed by atoms with Crippen molar-refractivity contribution in [2.45, 2.75) is 30.7 Å². The Bertz CT molecular complexity index is 510. The lowest BCUT2D eigenvalue weighted by Crippen LogP contribution is -2.40. The average molecular weight is 347 g/mol. The highest BCUT2D eigenvalue weighted by Gasteiger charge is 2.20. The molecule has 1 atom stereocenters. The van der Waals surface area contributed by atoms with E-state index in [4.69, 9.17) is 0 Å². The summed E-state index contributed by atoms with van der Waals surface area (Å²) in [5.74, 6) is 0. The molecular weight excluding hydrogens is 328 g/mol. The molecule has 1 saturated heterocycles. The maximum absolute atomic E-state index is 12.2. The number of halogens is 1. The van der Waals surface area contributed by atoms with Crippen molar-refractivity contribution >= 4 is 26.0 Å². The maximum Gasteiger partial charge on any atom is 0.240 e. The van der Waals surface area contributed by atoms with Gasteiger partial charge in [0, 0.05) is 17.1 Å². The maximum atomic E-state index is 12.2. The van der Waals surface area contributed by atoms with Crippen LogP contribution in [0.3, 0.4) is 0 Å². The van der Waals surface area contributed by atoms with Crippen LogP contribution in [-0.4, -0.2) is 39.0 Å². The fraction of sp³-hybridized carbons (Fsp3) is 0.538. The first-order chi connectivity index (χ1) is 8.97. The molecule has 2 rings (SSSR count). The molecule has 0 amide bonds. The minimum Gasteiger partial charge on any atom is -0.302 e. The van der Waals surface area contributed by atoms with Crippen molar-refractivity contribution in [1.29, 1.82) is 0 Å². The summed E-state index contributed by atoms with van der Waals surface area (Å²) in [4.78, 5) is 2.61. The predicted octanol–water partition coefficient (Wildman–Crippen LogP) is 2.21. The lowest BCUT2D eigenvalue weighted by atomic mass is 10.3. The van der Waals surface area contributed by atoms with Crippen LogP contribution in [0.2, 0.25) is 0 Å². The Balaban J connectivity index is 1.98. The molecule has 1 unspecified atom stereocenters. The summed E-state index contributed by atoms with van der Waals surface area (Å²) in [6, 6.07) is 6.61. The fourth-order valence-electron chi connectivity index (χ4n) is 2.34. The highest BCUT2D eigenvalue weighted by molar-refractivity contribution is 9.10. The van der Waals surface area contributed by atoms with E-state index in [1.807, 2.05) is 6.92 Å². The van der Waals surface area contributed by atoms with Gasteiger partial charge in [0.1, 0.15) is 0 Å². The number of nitrogens with one attached hydrogen (secondary N) is 1. The molecule has 0 bridgehead atoms. The van der Waals surface area contributed by atoms with Crippen LogP contribution in [-0.2, 0) is 10.0 Å². The molecule has 0 spiro atoms. The van der Waals surface area contributed by atoms with E-state index in [0.717, 1.165) is 24.1 Å². The van der Waals surface area contributed by atoms with Crippen molar-refractivity contribution in [3.8, 4) is 0 Å². The number of nitrogens with zero attached hydrogens (tertiary/aromatic N) is 1. The Morgan fingerprint density at radius 2 is 1.84 bits per heavy atom. The highest BCUT2D eigenvalue weighted by atomic mass is 79.9. The van der Waals surface area contributed by atoms with E-state index >= 15 is 0 Å². The second-order valence-electron chi connectivity index (χ2n) is 4.98. The van der Waals surface area contributed by atoms with E-state index in [9.17, 15) is 8.42 Å². The summed E-state index contributed by atoms with van der Waals surface area (Å²) >= 11 is 3.30. The lowest BCUT2D eigenvalue weighted by molar-refractivity contribution is 0.313. The molecule has 6 heteroatoms. The van der Waals surface area contributed by atoms with Gasteiger partial charge < -0.3 is 4.90 Å². The summed E-state index contributed by atoms with van der Waals surface area (Å²) in [6.07, 6.45) is 2.43. The zero-order valence-corrected chi connectivity index (χ0v) is 13.4. The lowest BCUT2D eigenvalue weighted by Gasteiger charge is -2.21. The van der Waals surface area contributed by atoms with Gasteiger partial charge in [-0.15, -0.1) is 0 Å². The summed E-state index contributed by atoms with van der Waals surface area (Å²) in [5, 5.41) is 0. The molecule has 4 nitrogen and oxygen atoms in total. The minimum absolute atomic E-state index is 0.0771. The van der Waals surface area contributed by atoms with Gasteiger partial charge in [-0.1, -0.05) is 15.9 Å². The van der Waals surface area contributed by atoms with Crippen LogP contribution in [0.1, 0.15) is 19.8 Å². The minimum atomic E-state index is -3.42. The van der Waals surface area contributed by atoms with Gasteiger partial charge in [0.15, 0.2) is 0 Å². The van der Waals surface area contributed by atoms with Crippen LogP contribution in [0.4, 0.5) is 0 Å². The number of likely N-dealkylation sites (tertiary alicyclic amines) is 1. The third-order valence-electron chi connectivity index (χ3n) is 3.21. The second-order valence-corrected chi connectivity index (χ2v) is 7.61. The summed E-state index contributed by atoms with van der Waals surface area (Å²) < 4.78 is 28.0. The molecule has 106 valence electrons. The molecule has 0 saturated carbocycles. The Morgan fingerprint density at radius 3 is 2.42 bits per heavy atom. The quantitative estimate of drug-likeness (QED) is 0.889. The molecular formula is C13H19BrN2O2S. The number of rotatable bonds is 5. The third-order valence-corrected chi connectivity index (χ3v) is 5.35. The van der Waals surface area contributed by atoms with E-state index < -0.39 is 10.0 Å². The molecule has 1 aliphatic rings. The first kappa shape index (κ1) is 15.0. The van der Waals surface area contributed by atoms with Crippen molar-refractivity contribution in [2.75, 3.05) is 19.6 Å². The Hall–Kier alpha value is -0.430. The van der Waals surface area contributed by atoms with E-state index in [1.54, 1.807) is 24.3 Å². The van der Waals surface area contributed by atoms with Gasteiger partial charge in [-0.05, 0) is 57.1 Å². The molecule has 0 radical (unpaired) electrons. The zero-order chi connectivity index (χ0) is 13.9. The number of benzene rings is 1. The van der Waals surface area contributed by atoms with Crippen molar-refractivity contribution in [1.82, 2.24) is 9.62 Å². The highest BCUT2D eigenvalue weighted by Crippen LogP contribution is 2.15. The number of hydrogen-bond donors (Lipinski definition) is 1. The molecule has 0 aliphatic carbocycles. The van der Waals surface area contributed by atoms with E-state index in [-0.39, 0.29) is 6.04 Å². The first-order valence-electron chi connectivity index (χ1n) is 6.47.